The monoisotopic (exact) mass is 569 g/mol. The van der Waals surface area contributed by atoms with Crippen molar-refractivity contribution in [3.63, 3.8) is 0 Å². The lowest BCUT2D eigenvalue weighted by Crippen LogP contribution is -2.44. The molecule has 0 aliphatic carbocycles. The van der Waals surface area contributed by atoms with Gasteiger partial charge in [-0.15, -0.1) is 0 Å². The van der Waals surface area contributed by atoms with Crippen molar-refractivity contribution in [2.24, 2.45) is 0 Å². The van der Waals surface area contributed by atoms with Crippen molar-refractivity contribution in [2.45, 2.75) is 17.4 Å². The van der Waals surface area contributed by atoms with E-state index in [1.54, 1.807) is 24.3 Å². The molecule has 4 rings (SSSR count). The van der Waals surface area contributed by atoms with Gasteiger partial charge in [0.1, 0.15) is 11.9 Å². The highest BCUT2D eigenvalue weighted by Crippen LogP contribution is 2.25. The SMILES string of the molecule is CN(C(=O)c1ccc(N(CCN2CCOCC2)S(=O)(=O)c2ccc(F)cc2)cc1)[C@@H](Cc1ccccc1)C(=O)O. The number of carboxylic acids is 1. The van der Waals surface area contributed by atoms with E-state index in [1.807, 2.05) is 6.07 Å². The molecule has 3 aromatic carbocycles. The van der Waals surface area contributed by atoms with Crippen LogP contribution in [-0.2, 0) is 26.0 Å². The van der Waals surface area contributed by atoms with Gasteiger partial charge < -0.3 is 14.7 Å². The van der Waals surface area contributed by atoms with E-state index in [4.69, 9.17) is 4.74 Å². The molecule has 212 valence electrons. The van der Waals surface area contributed by atoms with Gasteiger partial charge in [-0.2, -0.15) is 0 Å². The van der Waals surface area contributed by atoms with E-state index in [-0.39, 0.29) is 23.4 Å². The lowest BCUT2D eigenvalue weighted by atomic mass is 10.0. The number of amides is 1. The maximum absolute atomic E-state index is 13.6. The van der Waals surface area contributed by atoms with Crippen molar-refractivity contribution in [2.75, 3.05) is 50.7 Å². The molecule has 1 atom stereocenters. The highest BCUT2D eigenvalue weighted by atomic mass is 32.2. The fourth-order valence-electron chi connectivity index (χ4n) is 4.52. The summed E-state index contributed by atoms with van der Waals surface area (Å²) in [6, 6.07) is 18.6. The fraction of sp³-hybridized carbons (Fsp3) is 0.310. The Morgan fingerprint density at radius 2 is 1.60 bits per heavy atom. The van der Waals surface area contributed by atoms with Crippen LogP contribution < -0.4 is 4.31 Å². The second-order valence-electron chi connectivity index (χ2n) is 9.49. The number of ether oxygens (including phenoxy) is 1. The number of anilines is 1. The van der Waals surface area contributed by atoms with Gasteiger partial charge in [0.05, 0.1) is 23.8 Å². The van der Waals surface area contributed by atoms with E-state index < -0.39 is 33.8 Å². The van der Waals surface area contributed by atoms with Gasteiger partial charge in [0, 0.05) is 45.2 Å². The van der Waals surface area contributed by atoms with Gasteiger partial charge in [0.25, 0.3) is 15.9 Å². The maximum Gasteiger partial charge on any atom is 0.326 e. The van der Waals surface area contributed by atoms with Crippen LogP contribution in [0.25, 0.3) is 0 Å². The number of halogens is 1. The number of hydrogen-bond donors (Lipinski definition) is 1. The molecule has 0 unspecified atom stereocenters. The summed E-state index contributed by atoms with van der Waals surface area (Å²) in [7, 11) is -2.61. The van der Waals surface area contributed by atoms with Crippen LogP contribution in [0.5, 0.6) is 0 Å². The zero-order valence-electron chi connectivity index (χ0n) is 22.1. The lowest BCUT2D eigenvalue weighted by Gasteiger charge is -2.31. The van der Waals surface area contributed by atoms with Crippen LogP contribution in [-0.4, -0.2) is 87.7 Å². The Morgan fingerprint density at radius 3 is 2.20 bits per heavy atom. The molecule has 0 spiro atoms. The van der Waals surface area contributed by atoms with Gasteiger partial charge in [0.2, 0.25) is 0 Å². The summed E-state index contributed by atoms with van der Waals surface area (Å²) in [6.07, 6.45) is 0.141. The van der Waals surface area contributed by atoms with Crippen molar-refractivity contribution in [3.8, 4) is 0 Å². The minimum Gasteiger partial charge on any atom is -0.480 e. The molecule has 0 radical (unpaired) electrons. The summed E-state index contributed by atoms with van der Waals surface area (Å²) in [5.74, 6) is -2.18. The molecule has 1 saturated heterocycles. The smallest absolute Gasteiger partial charge is 0.326 e. The number of likely N-dealkylation sites (N-methyl/N-ethyl adjacent to an activating group) is 1. The maximum atomic E-state index is 13.6. The van der Waals surface area contributed by atoms with E-state index in [2.05, 4.69) is 4.90 Å². The molecule has 1 heterocycles. The summed E-state index contributed by atoms with van der Waals surface area (Å²) in [5, 5.41) is 9.80. The van der Waals surface area contributed by atoms with Gasteiger partial charge in [-0.05, 0) is 54.1 Å². The summed E-state index contributed by atoms with van der Waals surface area (Å²) < 4.78 is 47.3. The lowest BCUT2D eigenvalue weighted by molar-refractivity contribution is -0.141. The second kappa shape index (κ2) is 13.0. The van der Waals surface area contributed by atoms with Crippen molar-refractivity contribution < 1.29 is 32.2 Å². The zero-order valence-corrected chi connectivity index (χ0v) is 23.0. The molecule has 0 bridgehead atoms. The minimum absolute atomic E-state index is 0.0547. The number of aliphatic carboxylic acids is 1. The van der Waals surface area contributed by atoms with E-state index in [9.17, 15) is 27.5 Å². The molecular weight excluding hydrogens is 537 g/mol. The number of carbonyl (C=O) groups excluding carboxylic acids is 1. The summed E-state index contributed by atoms with van der Waals surface area (Å²) in [6.45, 7) is 3.07. The fourth-order valence-corrected chi connectivity index (χ4v) is 5.98. The summed E-state index contributed by atoms with van der Waals surface area (Å²) in [4.78, 5) is 28.4. The Labute approximate surface area is 233 Å². The first-order valence-electron chi connectivity index (χ1n) is 12.9. The number of benzene rings is 3. The number of nitrogens with zero attached hydrogens (tertiary/aromatic N) is 3. The predicted molar refractivity (Wildman–Crippen MR) is 148 cm³/mol. The van der Waals surface area contributed by atoms with E-state index in [0.29, 0.717) is 38.5 Å². The average Bonchev–Trinajstić information content (AvgIpc) is 2.96. The third-order valence-corrected chi connectivity index (χ3v) is 8.71. The van der Waals surface area contributed by atoms with Crippen LogP contribution in [0, 0.1) is 5.82 Å². The number of carboxylic acid groups (broad SMARTS) is 1. The molecule has 1 aliphatic rings. The molecule has 1 amide bonds. The number of sulfonamides is 1. The first kappa shape index (κ1) is 29.2. The molecular formula is C29H32FN3O6S. The molecule has 1 aliphatic heterocycles. The Kier molecular flexibility index (Phi) is 9.51. The number of hydrogen-bond acceptors (Lipinski definition) is 6. The molecule has 1 fully saturated rings. The van der Waals surface area contributed by atoms with E-state index >= 15 is 0 Å². The molecule has 3 aromatic rings. The topological polar surface area (TPSA) is 107 Å². The van der Waals surface area contributed by atoms with Crippen LogP contribution in [0.2, 0.25) is 0 Å². The Morgan fingerprint density at radius 1 is 0.975 bits per heavy atom. The number of rotatable bonds is 11. The predicted octanol–water partition coefficient (Wildman–Crippen LogP) is 3.12. The minimum atomic E-state index is -4.04. The van der Waals surface area contributed by atoms with Crippen LogP contribution in [0.15, 0.2) is 83.8 Å². The van der Waals surface area contributed by atoms with Gasteiger partial charge in [0.15, 0.2) is 0 Å². The summed E-state index contributed by atoms with van der Waals surface area (Å²) in [5.41, 5.74) is 1.33. The molecule has 9 nitrogen and oxygen atoms in total. The van der Waals surface area contributed by atoms with Crippen LogP contribution in [0.1, 0.15) is 15.9 Å². The molecule has 1 N–H and O–H groups in total. The first-order chi connectivity index (χ1) is 19.2. The van der Waals surface area contributed by atoms with Crippen molar-refractivity contribution >= 4 is 27.6 Å². The Balaban J connectivity index is 1.57. The van der Waals surface area contributed by atoms with Crippen LogP contribution in [0.3, 0.4) is 0 Å². The highest BCUT2D eigenvalue weighted by Gasteiger charge is 2.29. The first-order valence-corrected chi connectivity index (χ1v) is 14.3. The van der Waals surface area contributed by atoms with Gasteiger partial charge in [-0.25, -0.2) is 17.6 Å². The second-order valence-corrected chi connectivity index (χ2v) is 11.4. The molecule has 0 saturated carbocycles. The quantitative estimate of drug-likeness (QED) is 0.378. The zero-order chi connectivity index (χ0) is 28.7. The van der Waals surface area contributed by atoms with E-state index in [1.165, 1.54) is 52.7 Å². The summed E-state index contributed by atoms with van der Waals surface area (Å²) >= 11 is 0. The highest BCUT2D eigenvalue weighted by molar-refractivity contribution is 7.92. The van der Waals surface area contributed by atoms with Crippen molar-refractivity contribution in [3.05, 3.63) is 95.8 Å². The van der Waals surface area contributed by atoms with E-state index in [0.717, 1.165) is 17.7 Å². The third-order valence-electron chi connectivity index (χ3n) is 6.87. The molecule has 40 heavy (non-hydrogen) atoms. The number of carbonyl (C=O) groups is 2. The van der Waals surface area contributed by atoms with Gasteiger partial charge in [-0.3, -0.25) is 14.0 Å². The third kappa shape index (κ3) is 7.04. The normalized spacial score (nSPS) is 14.8. The molecule has 11 heteroatoms. The van der Waals surface area contributed by atoms with Gasteiger partial charge >= 0.3 is 5.97 Å². The Bertz CT molecular complexity index is 1400. The van der Waals surface area contributed by atoms with Crippen molar-refractivity contribution in [1.29, 1.82) is 0 Å². The van der Waals surface area contributed by atoms with Crippen LogP contribution >= 0.6 is 0 Å². The largest absolute Gasteiger partial charge is 0.480 e. The van der Waals surface area contributed by atoms with Gasteiger partial charge in [-0.1, -0.05) is 30.3 Å². The number of morpholine rings is 1. The average molecular weight is 570 g/mol. The Hall–Kier alpha value is -3.80. The van der Waals surface area contributed by atoms with Crippen LogP contribution in [0.4, 0.5) is 10.1 Å². The van der Waals surface area contributed by atoms with Crippen molar-refractivity contribution in [1.82, 2.24) is 9.80 Å². The molecule has 0 aromatic heterocycles. The standard InChI is InChI=1S/C29H32FN3O6S/c1-31(27(29(35)36)21-22-5-3-2-4-6-22)28(34)23-7-11-25(12-8-23)33(16-15-32-17-19-39-20-18-32)40(37,38)26-13-9-24(30)10-14-26/h2-14,27H,15-21H2,1H3,(H,35,36)/t27-/m0/s1.